The van der Waals surface area contributed by atoms with Crippen LogP contribution in [0.4, 0.5) is 9.18 Å². The summed E-state index contributed by atoms with van der Waals surface area (Å²) >= 11 is 0. The molecule has 0 saturated carbocycles. The Labute approximate surface area is 239 Å². The van der Waals surface area contributed by atoms with Gasteiger partial charge in [-0.3, -0.25) is 14.5 Å². The first kappa shape index (κ1) is 30.0. The van der Waals surface area contributed by atoms with Crippen LogP contribution in [0.5, 0.6) is 0 Å². The molecular formula is C31H37FN4O5. The highest BCUT2D eigenvalue weighted by molar-refractivity contribution is 5.87. The summed E-state index contributed by atoms with van der Waals surface area (Å²) in [7, 11) is 4.42. The van der Waals surface area contributed by atoms with Gasteiger partial charge in [0.1, 0.15) is 11.9 Å². The maximum Gasteiger partial charge on any atom is 0.407 e. The molecular weight excluding hydrogens is 527 g/mol. The van der Waals surface area contributed by atoms with Crippen molar-refractivity contribution in [2.24, 2.45) is 0 Å². The summed E-state index contributed by atoms with van der Waals surface area (Å²) in [6, 6.07) is 18.4. The van der Waals surface area contributed by atoms with Gasteiger partial charge in [-0.15, -0.1) is 0 Å². The van der Waals surface area contributed by atoms with E-state index in [1.54, 1.807) is 31.2 Å². The lowest BCUT2D eigenvalue weighted by Crippen LogP contribution is -2.64. The standard InChI is InChI=1S/C31H37FN4O5/c1-33-29(37)28(18-22-8-11-23-6-4-5-7-24(23)16-22)35-14-15-36(26(19-35)20-40-2)30(38)27(34-31(39)41-3)17-21-9-12-25(32)13-10-21/h4-13,16,26-28H,14-15,17-20H2,1-3H3,(H,33,37)(H,34,39). The zero-order valence-corrected chi connectivity index (χ0v) is 23.6. The Kier molecular flexibility index (Phi) is 10.3. The summed E-state index contributed by atoms with van der Waals surface area (Å²) in [6.45, 7) is 1.45. The minimum absolute atomic E-state index is 0.101. The molecule has 3 amide bonds. The van der Waals surface area contributed by atoms with Gasteiger partial charge in [0, 0.05) is 40.2 Å². The van der Waals surface area contributed by atoms with E-state index >= 15 is 0 Å². The molecule has 3 aromatic rings. The largest absolute Gasteiger partial charge is 0.453 e. The molecule has 0 spiro atoms. The molecule has 0 aliphatic carbocycles. The van der Waals surface area contributed by atoms with E-state index in [9.17, 15) is 18.8 Å². The Hall–Kier alpha value is -4.02. The van der Waals surface area contributed by atoms with Crippen LogP contribution in [0, 0.1) is 5.82 Å². The molecule has 3 aromatic carbocycles. The van der Waals surface area contributed by atoms with Gasteiger partial charge in [0.05, 0.1) is 25.8 Å². The quantitative estimate of drug-likeness (QED) is 0.393. The number of amides is 3. The zero-order valence-electron chi connectivity index (χ0n) is 23.6. The monoisotopic (exact) mass is 564 g/mol. The van der Waals surface area contributed by atoms with E-state index in [-0.39, 0.29) is 36.7 Å². The lowest BCUT2D eigenvalue weighted by molar-refractivity contribution is -0.141. The van der Waals surface area contributed by atoms with E-state index in [2.05, 4.69) is 39.8 Å². The van der Waals surface area contributed by atoms with Crippen LogP contribution >= 0.6 is 0 Å². The van der Waals surface area contributed by atoms with Crippen molar-refractivity contribution in [3.05, 3.63) is 83.7 Å². The van der Waals surface area contributed by atoms with Crippen LogP contribution in [-0.4, -0.2) is 93.3 Å². The average Bonchev–Trinajstić information content (AvgIpc) is 2.99. The molecule has 1 aliphatic heterocycles. The molecule has 1 fully saturated rings. The van der Waals surface area contributed by atoms with Gasteiger partial charge in [-0.1, -0.05) is 54.6 Å². The second kappa shape index (κ2) is 14.0. The second-order valence-corrected chi connectivity index (χ2v) is 10.2. The number of rotatable bonds is 10. The molecule has 1 saturated heterocycles. The molecule has 3 unspecified atom stereocenters. The molecule has 9 nitrogen and oxygen atoms in total. The molecule has 218 valence electrons. The van der Waals surface area contributed by atoms with Gasteiger partial charge in [-0.25, -0.2) is 9.18 Å². The number of alkyl carbamates (subject to hydrolysis) is 1. The fourth-order valence-corrected chi connectivity index (χ4v) is 5.39. The van der Waals surface area contributed by atoms with Gasteiger partial charge in [0.25, 0.3) is 0 Å². The number of nitrogens with one attached hydrogen (secondary N) is 2. The number of ether oxygens (including phenoxy) is 2. The zero-order chi connectivity index (χ0) is 29.4. The van der Waals surface area contributed by atoms with E-state index < -0.39 is 18.2 Å². The molecule has 10 heteroatoms. The Morgan fingerprint density at radius 1 is 0.951 bits per heavy atom. The molecule has 0 radical (unpaired) electrons. The highest BCUT2D eigenvalue weighted by Gasteiger charge is 2.38. The van der Waals surface area contributed by atoms with Gasteiger partial charge in [0.15, 0.2) is 0 Å². The third-order valence-corrected chi connectivity index (χ3v) is 7.52. The van der Waals surface area contributed by atoms with Crippen molar-refractivity contribution in [3.8, 4) is 0 Å². The normalized spacial score (nSPS) is 17.1. The average molecular weight is 565 g/mol. The summed E-state index contributed by atoms with van der Waals surface area (Å²) in [5.41, 5.74) is 1.74. The third kappa shape index (κ3) is 7.59. The highest BCUT2D eigenvalue weighted by atomic mass is 19.1. The first-order valence-corrected chi connectivity index (χ1v) is 13.6. The lowest BCUT2D eigenvalue weighted by Gasteiger charge is -2.44. The molecule has 0 bridgehead atoms. The number of piperazine rings is 1. The van der Waals surface area contributed by atoms with E-state index in [4.69, 9.17) is 9.47 Å². The topological polar surface area (TPSA) is 100 Å². The lowest BCUT2D eigenvalue weighted by atomic mass is 9.98. The predicted molar refractivity (Wildman–Crippen MR) is 154 cm³/mol. The molecule has 1 aliphatic rings. The van der Waals surface area contributed by atoms with Crippen LogP contribution in [0.15, 0.2) is 66.7 Å². The maximum atomic E-state index is 13.8. The Balaban J connectivity index is 1.53. The van der Waals surface area contributed by atoms with Gasteiger partial charge in [0.2, 0.25) is 11.8 Å². The third-order valence-electron chi connectivity index (χ3n) is 7.52. The van der Waals surface area contributed by atoms with Crippen LogP contribution in [-0.2, 0) is 31.9 Å². The minimum Gasteiger partial charge on any atom is -0.453 e. The second-order valence-electron chi connectivity index (χ2n) is 10.2. The minimum atomic E-state index is -0.925. The van der Waals surface area contributed by atoms with Gasteiger partial charge >= 0.3 is 6.09 Å². The molecule has 3 atom stereocenters. The number of likely N-dealkylation sites (N-methyl/N-ethyl adjacent to an activating group) is 1. The number of nitrogens with zero attached hydrogens (tertiary/aromatic N) is 2. The van der Waals surface area contributed by atoms with E-state index in [0.717, 1.165) is 16.3 Å². The smallest absolute Gasteiger partial charge is 0.407 e. The van der Waals surface area contributed by atoms with Crippen LogP contribution in [0.25, 0.3) is 10.8 Å². The number of methoxy groups -OCH3 is 2. The molecule has 2 N–H and O–H groups in total. The van der Waals surface area contributed by atoms with Crippen molar-refractivity contribution in [2.75, 3.05) is 47.5 Å². The Bertz CT molecular complexity index is 1350. The van der Waals surface area contributed by atoms with Crippen molar-refractivity contribution in [1.29, 1.82) is 0 Å². The summed E-state index contributed by atoms with van der Waals surface area (Å²) in [5.74, 6) is -0.786. The molecule has 0 aromatic heterocycles. The van der Waals surface area contributed by atoms with E-state index in [0.29, 0.717) is 31.6 Å². The van der Waals surface area contributed by atoms with Gasteiger partial charge < -0.3 is 25.0 Å². The molecule has 1 heterocycles. The summed E-state index contributed by atoms with van der Waals surface area (Å²) in [5, 5.41) is 7.68. The first-order chi connectivity index (χ1) is 19.8. The fourth-order valence-electron chi connectivity index (χ4n) is 5.39. The first-order valence-electron chi connectivity index (χ1n) is 13.6. The molecule has 41 heavy (non-hydrogen) atoms. The van der Waals surface area contributed by atoms with Crippen LogP contribution in [0.3, 0.4) is 0 Å². The number of fused-ring (bicyclic) bond motifs is 1. The van der Waals surface area contributed by atoms with Crippen molar-refractivity contribution < 1.29 is 28.2 Å². The number of carbonyl (C=O) groups is 3. The SMILES string of the molecule is CNC(=O)C(Cc1ccc2ccccc2c1)N1CCN(C(=O)C(Cc2ccc(F)cc2)NC(=O)OC)C(COC)C1. The number of hydrogen-bond acceptors (Lipinski definition) is 6. The van der Waals surface area contributed by atoms with Crippen molar-refractivity contribution >= 4 is 28.7 Å². The highest BCUT2D eigenvalue weighted by Crippen LogP contribution is 2.21. The summed E-state index contributed by atoms with van der Waals surface area (Å²) < 4.78 is 23.7. The number of halogens is 1. The summed E-state index contributed by atoms with van der Waals surface area (Å²) in [4.78, 5) is 42.8. The van der Waals surface area contributed by atoms with Crippen LogP contribution in [0.2, 0.25) is 0 Å². The number of benzene rings is 3. The van der Waals surface area contributed by atoms with Crippen LogP contribution in [0.1, 0.15) is 11.1 Å². The van der Waals surface area contributed by atoms with Crippen molar-refractivity contribution in [2.45, 2.75) is 31.0 Å². The van der Waals surface area contributed by atoms with E-state index in [1.807, 2.05) is 18.2 Å². The molecule has 4 rings (SSSR count). The fraction of sp³-hybridized carbons (Fsp3) is 0.387. The Morgan fingerprint density at radius 3 is 2.34 bits per heavy atom. The maximum absolute atomic E-state index is 13.8. The Morgan fingerprint density at radius 2 is 1.66 bits per heavy atom. The van der Waals surface area contributed by atoms with Crippen molar-refractivity contribution in [3.63, 3.8) is 0 Å². The number of carbonyl (C=O) groups excluding carboxylic acids is 3. The van der Waals surface area contributed by atoms with E-state index in [1.165, 1.54) is 19.2 Å². The van der Waals surface area contributed by atoms with Gasteiger partial charge in [-0.2, -0.15) is 0 Å². The number of hydrogen-bond donors (Lipinski definition) is 2. The predicted octanol–water partition coefficient (Wildman–Crippen LogP) is 2.76. The van der Waals surface area contributed by atoms with Crippen LogP contribution < -0.4 is 10.6 Å². The van der Waals surface area contributed by atoms with Crippen molar-refractivity contribution in [1.82, 2.24) is 20.4 Å². The van der Waals surface area contributed by atoms with Gasteiger partial charge in [-0.05, 0) is 40.5 Å². The summed E-state index contributed by atoms with van der Waals surface area (Å²) in [6.07, 6.45) is -0.0610.